The van der Waals surface area contributed by atoms with E-state index in [9.17, 15) is 0 Å². The van der Waals surface area contributed by atoms with Crippen LogP contribution in [-0.2, 0) is 0 Å². The number of hydrogen-bond acceptors (Lipinski definition) is 6. The molecule has 5 rings (SSSR count). The van der Waals surface area contributed by atoms with E-state index in [1.165, 1.54) is 6.33 Å². The standard InChI is InChI=1S/C23H18N6O/c24-16-5-4-6-17(13-16)29-23-20(22(25)26-14-27-23)21(28-29)15-9-11-19(12-10-15)30-18-7-2-1-3-8-18/h1-14H,24H2,(H2,25,26,27). The summed E-state index contributed by atoms with van der Waals surface area (Å²) in [6.07, 6.45) is 1.43. The number of anilines is 2. The summed E-state index contributed by atoms with van der Waals surface area (Å²) in [4.78, 5) is 8.57. The first-order valence-electron chi connectivity index (χ1n) is 9.37. The normalized spacial score (nSPS) is 10.9. The lowest BCUT2D eigenvalue weighted by Crippen LogP contribution is -1.99. The molecule has 0 unspecified atom stereocenters. The van der Waals surface area contributed by atoms with Gasteiger partial charge in [0.05, 0.1) is 11.1 Å². The van der Waals surface area contributed by atoms with E-state index >= 15 is 0 Å². The molecule has 4 N–H and O–H groups in total. The lowest BCUT2D eigenvalue weighted by molar-refractivity contribution is 0.483. The number of nitrogen functional groups attached to an aromatic ring is 2. The van der Waals surface area contributed by atoms with Crippen molar-refractivity contribution in [2.45, 2.75) is 0 Å². The van der Waals surface area contributed by atoms with Crippen molar-refractivity contribution in [3.8, 4) is 28.4 Å². The zero-order valence-corrected chi connectivity index (χ0v) is 15.9. The van der Waals surface area contributed by atoms with Gasteiger partial charge in [0.1, 0.15) is 29.3 Å². The predicted molar refractivity (Wildman–Crippen MR) is 117 cm³/mol. The van der Waals surface area contributed by atoms with Crippen molar-refractivity contribution in [1.82, 2.24) is 19.7 Å². The van der Waals surface area contributed by atoms with Crippen LogP contribution in [0.5, 0.6) is 11.5 Å². The van der Waals surface area contributed by atoms with Crippen LogP contribution in [0, 0.1) is 0 Å². The first-order chi connectivity index (χ1) is 14.7. The monoisotopic (exact) mass is 394 g/mol. The Morgan fingerprint density at radius 1 is 0.767 bits per heavy atom. The number of hydrogen-bond donors (Lipinski definition) is 2. The first-order valence-corrected chi connectivity index (χ1v) is 9.37. The molecule has 0 aliphatic carbocycles. The van der Waals surface area contributed by atoms with E-state index in [1.807, 2.05) is 78.9 Å². The van der Waals surface area contributed by atoms with Gasteiger partial charge < -0.3 is 16.2 Å². The molecule has 30 heavy (non-hydrogen) atoms. The molecule has 7 heteroatoms. The molecule has 0 amide bonds. The van der Waals surface area contributed by atoms with Crippen molar-refractivity contribution in [2.75, 3.05) is 11.5 Å². The van der Waals surface area contributed by atoms with Gasteiger partial charge in [0.25, 0.3) is 0 Å². The summed E-state index contributed by atoms with van der Waals surface area (Å²) < 4.78 is 7.61. The SMILES string of the molecule is Nc1cccc(-n2nc(-c3ccc(Oc4ccccc4)cc3)c3c(N)ncnc32)c1. The Labute approximate surface area is 172 Å². The molecule has 0 aliphatic rings. The van der Waals surface area contributed by atoms with E-state index in [0.717, 1.165) is 22.7 Å². The molecule has 0 radical (unpaired) electrons. The molecular formula is C23H18N6O. The van der Waals surface area contributed by atoms with Crippen LogP contribution in [0.15, 0.2) is 85.2 Å². The van der Waals surface area contributed by atoms with Gasteiger partial charge in [-0.15, -0.1) is 0 Å². The Morgan fingerprint density at radius 2 is 1.53 bits per heavy atom. The third-order valence-corrected chi connectivity index (χ3v) is 4.72. The average molecular weight is 394 g/mol. The van der Waals surface area contributed by atoms with Crippen LogP contribution in [0.3, 0.4) is 0 Å². The number of aromatic nitrogens is 4. The van der Waals surface area contributed by atoms with Gasteiger partial charge >= 0.3 is 0 Å². The van der Waals surface area contributed by atoms with Crippen LogP contribution in [0.25, 0.3) is 28.0 Å². The van der Waals surface area contributed by atoms with Gasteiger partial charge in [0, 0.05) is 11.3 Å². The highest BCUT2D eigenvalue weighted by Gasteiger charge is 2.18. The molecule has 0 bridgehead atoms. The molecule has 0 aliphatic heterocycles. The van der Waals surface area contributed by atoms with E-state index in [-0.39, 0.29) is 0 Å². The Kier molecular flexibility index (Phi) is 4.25. The minimum Gasteiger partial charge on any atom is -0.457 e. The van der Waals surface area contributed by atoms with Crippen molar-refractivity contribution in [3.63, 3.8) is 0 Å². The number of rotatable bonds is 4. The van der Waals surface area contributed by atoms with E-state index < -0.39 is 0 Å². The fraction of sp³-hybridized carbons (Fsp3) is 0. The number of ether oxygens (including phenoxy) is 1. The quantitative estimate of drug-likeness (QED) is 0.437. The molecule has 5 aromatic rings. The fourth-order valence-corrected chi connectivity index (χ4v) is 3.32. The molecule has 2 aromatic heterocycles. The second-order valence-corrected chi connectivity index (χ2v) is 6.75. The molecule has 0 spiro atoms. The third kappa shape index (κ3) is 3.18. The number of benzene rings is 3. The zero-order chi connectivity index (χ0) is 20.5. The van der Waals surface area contributed by atoms with Crippen molar-refractivity contribution < 1.29 is 4.74 Å². The van der Waals surface area contributed by atoms with Crippen LogP contribution in [0.4, 0.5) is 11.5 Å². The Morgan fingerprint density at radius 3 is 2.30 bits per heavy atom. The van der Waals surface area contributed by atoms with E-state index in [1.54, 1.807) is 4.68 Å². The lowest BCUT2D eigenvalue weighted by atomic mass is 10.1. The number of fused-ring (bicyclic) bond motifs is 1. The summed E-state index contributed by atoms with van der Waals surface area (Å²) in [5.41, 5.74) is 15.8. The number of nitrogens with zero attached hydrogens (tertiary/aromatic N) is 4. The van der Waals surface area contributed by atoms with Gasteiger partial charge in [0.15, 0.2) is 5.65 Å². The van der Waals surface area contributed by atoms with Crippen LogP contribution in [0.2, 0.25) is 0 Å². The Balaban J connectivity index is 1.59. The molecule has 2 heterocycles. The number of nitrogens with two attached hydrogens (primary N) is 2. The fourth-order valence-electron chi connectivity index (χ4n) is 3.32. The van der Waals surface area contributed by atoms with Gasteiger partial charge in [-0.1, -0.05) is 24.3 Å². The van der Waals surface area contributed by atoms with Gasteiger partial charge in [0.2, 0.25) is 0 Å². The average Bonchev–Trinajstić information content (AvgIpc) is 3.16. The minimum absolute atomic E-state index is 0.370. The largest absolute Gasteiger partial charge is 0.457 e. The Bertz CT molecular complexity index is 1330. The second kappa shape index (κ2) is 7.21. The second-order valence-electron chi connectivity index (χ2n) is 6.75. The van der Waals surface area contributed by atoms with Crippen molar-refractivity contribution in [2.24, 2.45) is 0 Å². The summed E-state index contributed by atoms with van der Waals surface area (Å²) >= 11 is 0. The zero-order valence-electron chi connectivity index (χ0n) is 15.9. The molecule has 0 saturated carbocycles. The maximum atomic E-state index is 6.19. The summed E-state index contributed by atoms with van der Waals surface area (Å²) in [5, 5.41) is 5.47. The molecular weight excluding hydrogens is 376 g/mol. The van der Waals surface area contributed by atoms with Crippen molar-refractivity contribution >= 4 is 22.5 Å². The number of para-hydroxylation sites is 1. The Hall–Kier alpha value is -4.39. The van der Waals surface area contributed by atoms with Crippen molar-refractivity contribution in [1.29, 1.82) is 0 Å². The highest BCUT2D eigenvalue weighted by Crippen LogP contribution is 2.33. The van der Waals surface area contributed by atoms with Crippen LogP contribution in [0.1, 0.15) is 0 Å². The topological polar surface area (TPSA) is 105 Å². The molecule has 0 saturated heterocycles. The van der Waals surface area contributed by atoms with Crippen LogP contribution >= 0.6 is 0 Å². The molecule has 3 aromatic carbocycles. The molecule has 7 nitrogen and oxygen atoms in total. The lowest BCUT2D eigenvalue weighted by Gasteiger charge is -2.06. The van der Waals surface area contributed by atoms with E-state index in [0.29, 0.717) is 28.2 Å². The van der Waals surface area contributed by atoms with Gasteiger partial charge in [-0.3, -0.25) is 0 Å². The van der Waals surface area contributed by atoms with Crippen LogP contribution in [-0.4, -0.2) is 19.7 Å². The van der Waals surface area contributed by atoms with Gasteiger partial charge in [-0.25, -0.2) is 14.6 Å². The molecule has 0 atom stereocenters. The highest BCUT2D eigenvalue weighted by molar-refractivity contribution is 5.99. The maximum Gasteiger partial charge on any atom is 0.169 e. The third-order valence-electron chi connectivity index (χ3n) is 4.72. The van der Waals surface area contributed by atoms with Crippen molar-refractivity contribution in [3.05, 3.63) is 85.2 Å². The minimum atomic E-state index is 0.370. The summed E-state index contributed by atoms with van der Waals surface area (Å²) in [6, 6.07) is 24.8. The smallest absolute Gasteiger partial charge is 0.169 e. The first kappa shape index (κ1) is 17.7. The van der Waals surface area contributed by atoms with E-state index in [2.05, 4.69) is 9.97 Å². The summed E-state index contributed by atoms with van der Waals surface area (Å²) in [6.45, 7) is 0. The maximum absolute atomic E-state index is 6.19. The van der Waals surface area contributed by atoms with Gasteiger partial charge in [-0.2, -0.15) is 5.10 Å². The van der Waals surface area contributed by atoms with Gasteiger partial charge in [-0.05, 0) is 54.6 Å². The summed E-state index contributed by atoms with van der Waals surface area (Å²) in [5.74, 6) is 1.88. The van der Waals surface area contributed by atoms with E-state index in [4.69, 9.17) is 21.3 Å². The van der Waals surface area contributed by atoms with Crippen LogP contribution < -0.4 is 16.2 Å². The molecule has 146 valence electrons. The summed E-state index contributed by atoms with van der Waals surface area (Å²) in [7, 11) is 0. The molecule has 0 fully saturated rings. The predicted octanol–water partition coefficient (Wildman–Crippen LogP) is 4.44. The highest BCUT2D eigenvalue weighted by atomic mass is 16.5.